The molecule has 0 aliphatic carbocycles. The number of hydrogen-bond donors (Lipinski definition) is 0. The van der Waals surface area contributed by atoms with Gasteiger partial charge in [0.2, 0.25) is 10.0 Å². The number of sulfonamides is 1. The van der Waals surface area contributed by atoms with Gasteiger partial charge in [-0.25, -0.2) is 8.42 Å². The lowest BCUT2D eigenvalue weighted by atomic mass is 10.2. The number of amides is 1. The van der Waals surface area contributed by atoms with Gasteiger partial charge in [-0.1, -0.05) is 0 Å². The van der Waals surface area contributed by atoms with Crippen LogP contribution in [0.5, 0.6) is 11.5 Å². The fourth-order valence-corrected chi connectivity index (χ4v) is 5.65. The number of piperazine rings is 1. The second-order valence-electron chi connectivity index (χ2n) is 6.79. The maximum atomic E-state index is 13.0. The molecule has 3 heterocycles. The number of hydrogen-bond acceptors (Lipinski definition) is 6. The summed E-state index contributed by atoms with van der Waals surface area (Å²) in [7, 11) is -3.66. The van der Waals surface area contributed by atoms with Gasteiger partial charge in [-0.05, 0) is 36.1 Å². The molecule has 1 aromatic carbocycles. The van der Waals surface area contributed by atoms with Crippen LogP contribution in [0.25, 0.3) is 0 Å². The predicted molar refractivity (Wildman–Crippen MR) is 106 cm³/mol. The summed E-state index contributed by atoms with van der Waals surface area (Å²) >= 11 is 1.42. The lowest BCUT2D eigenvalue weighted by Gasteiger charge is -2.34. The molecule has 2 aliphatic heterocycles. The Morgan fingerprint density at radius 3 is 2.43 bits per heavy atom. The molecule has 0 bridgehead atoms. The van der Waals surface area contributed by atoms with Crippen molar-refractivity contribution in [1.82, 2.24) is 9.21 Å². The lowest BCUT2D eigenvalue weighted by molar-refractivity contribution is 0.0702. The number of ether oxygens (including phenoxy) is 2. The molecular formula is C19H22N2O5S2. The molecule has 2 aromatic rings. The van der Waals surface area contributed by atoms with Crippen molar-refractivity contribution in [2.24, 2.45) is 0 Å². The molecule has 0 radical (unpaired) electrons. The molecule has 7 nitrogen and oxygen atoms in total. The van der Waals surface area contributed by atoms with Gasteiger partial charge >= 0.3 is 0 Å². The molecule has 0 atom stereocenters. The van der Waals surface area contributed by atoms with Gasteiger partial charge in [-0.15, -0.1) is 11.3 Å². The van der Waals surface area contributed by atoms with Crippen LogP contribution in [0.15, 0.2) is 34.5 Å². The maximum Gasteiger partial charge on any atom is 0.264 e. The van der Waals surface area contributed by atoms with Crippen LogP contribution in [0.2, 0.25) is 0 Å². The van der Waals surface area contributed by atoms with Gasteiger partial charge in [0.15, 0.2) is 11.5 Å². The van der Waals surface area contributed by atoms with Crippen molar-refractivity contribution in [2.45, 2.75) is 18.2 Å². The summed E-state index contributed by atoms with van der Waals surface area (Å²) in [6.45, 7) is 4.26. The summed E-state index contributed by atoms with van der Waals surface area (Å²) in [6.07, 6.45) is 0.760. The normalized spacial score (nSPS) is 18.0. The molecular weight excluding hydrogens is 400 g/mol. The van der Waals surface area contributed by atoms with Gasteiger partial charge in [-0.3, -0.25) is 4.79 Å². The molecule has 1 fully saturated rings. The average Bonchev–Trinajstić information content (AvgIpc) is 2.99. The van der Waals surface area contributed by atoms with Crippen LogP contribution in [0.1, 0.15) is 21.7 Å². The molecule has 150 valence electrons. The highest BCUT2D eigenvalue weighted by atomic mass is 32.2. The van der Waals surface area contributed by atoms with Crippen LogP contribution >= 0.6 is 11.3 Å². The Morgan fingerprint density at radius 1 is 1.04 bits per heavy atom. The minimum Gasteiger partial charge on any atom is -0.490 e. The fraction of sp³-hybridized carbons (Fsp3) is 0.421. The highest BCUT2D eigenvalue weighted by Gasteiger charge is 2.31. The summed E-state index contributed by atoms with van der Waals surface area (Å²) in [6, 6.07) is 6.65. The van der Waals surface area contributed by atoms with E-state index in [-0.39, 0.29) is 23.9 Å². The number of benzene rings is 1. The third kappa shape index (κ3) is 3.61. The van der Waals surface area contributed by atoms with E-state index in [1.54, 1.807) is 17.0 Å². The Morgan fingerprint density at radius 2 is 1.75 bits per heavy atom. The van der Waals surface area contributed by atoms with E-state index in [9.17, 15) is 13.2 Å². The minimum atomic E-state index is -3.66. The molecule has 0 N–H and O–H groups in total. The van der Waals surface area contributed by atoms with Gasteiger partial charge in [0.05, 0.1) is 23.0 Å². The van der Waals surface area contributed by atoms with E-state index in [4.69, 9.17) is 9.47 Å². The molecule has 4 rings (SSSR count). The average molecular weight is 423 g/mol. The number of aryl methyl sites for hydroxylation is 1. The Bertz CT molecular complexity index is 978. The summed E-state index contributed by atoms with van der Waals surface area (Å²) in [5, 5.41) is 1.90. The lowest BCUT2D eigenvalue weighted by Crippen LogP contribution is -2.50. The number of fused-ring (bicyclic) bond motifs is 1. The first-order valence-corrected chi connectivity index (χ1v) is 11.5. The smallest absolute Gasteiger partial charge is 0.264 e. The van der Waals surface area contributed by atoms with E-state index in [0.717, 1.165) is 16.9 Å². The number of carbonyl (C=O) groups is 1. The standard InChI is InChI=1S/C19H22N2O5S2/c1-14-5-12-27-18(14)19(22)20-6-8-21(9-7-20)28(23,24)15-3-4-16-17(13-15)26-11-2-10-25-16/h3-5,12-13H,2,6-11H2,1H3. The van der Waals surface area contributed by atoms with Crippen LogP contribution in [0.3, 0.4) is 0 Å². The molecule has 0 unspecified atom stereocenters. The first kappa shape index (κ1) is 19.2. The Kier molecular flexibility index (Phi) is 5.31. The zero-order valence-corrected chi connectivity index (χ0v) is 17.2. The molecule has 28 heavy (non-hydrogen) atoms. The molecule has 0 spiro atoms. The SMILES string of the molecule is Cc1ccsc1C(=O)N1CCN(S(=O)(=O)c2ccc3c(c2)OCCCO3)CC1. The van der Waals surface area contributed by atoms with Crippen LogP contribution in [-0.2, 0) is 10.0 Å². The van der Waals surface area contributed by atoms with Gasteiger partial charge in [-0.2, -0.15) is 4.31 Å². The number of thiophene rings is 1. The van der Waals surface area contributed by atoms with Gasteiger partial charge < -0.3 is 14.4 Å². The molecule has 1 saturated heterocycles. The second kappa shape index (κ2) is 7.73. The number of nitrogens with zero attached hydrogens (tertiary/aromatic N) is 2. The van der Waals surface area contributed by atoms with Gasteiger partial charge in [0, 0.05) is 38.7 Å². The number of carbonyl (C=O) groups excluding carboxylic acids is 1. The van der Waals surface area contributed by atoms with Crippen molar-refractivity contribution in [1.29, 1.82) is 0 Å². The fourth-order valence-electron chi connectivity index (χ4n) is 3.32. The topological polar surface area (TPSA) is 76.2 Å². The molecule has 0 saturated carbocycles. The Labute approximate surface area is 168 Å². The van der Waals surface area contributed by atoms with Crippen molar-refractivity contribution in [3.8, 4) is 11.5 Å². The highest BCUT2D eigenvalue weighted by Crippen LogP contribution is 2.33. The summed E-state index contributed by atoms with van der Waals surface area (Å²) in [5.41, 5.74) is 0.956. The van der Waals surface area contributed by atoms with Crippen molar-refractivity contribution in [2.75, 3.05) is 39.4 Å². The molecule has 1 aromatic heterocycles. The third-order valence-electron chi connectivity index (χ3n) is 4.94. The Balaban J connectivity index is 1.47. The highest BCUT2D eigenvalue weighted by molar-refractivity contribution is 7.89. The van der Waals surface area contributed by atoms with Crippen molar-refractivity contribution in [3.63, 3.8) is 0 Å². The number of rotatable bonds is 3. The largest absolute Gasteiger partial charge is 0.490 e. The van der Waals surface area contributed by atoms with E-state index in [2.05, 4.69) is 0 Å². The molecule has 9 heteroatoms. The first-order valence-electron chi connectivity index (χ1n) is 9.20. The van der Waals surface area contributed by atoms with Crippen molar-refractivity contribution in [3.05, 3.63) is 40.1 Å². The quantitative estimate of drug-likeness (QED) is 0.759. The monoisotopic (exact) mass is 422 g/mol. The minimum absolute atomic E-state index is 0.0277. The third-order valence-corrected chi connectivity index (χ3v) is 7.84. The van der Waals surface area contributed by atoms with E-state index in [1.807, 2.05) is 18.4 Å². The van der Waals surface area contributed by atoms with Crippen molar-refractivity contribution < 1.29 is 22.7 Å². The van der Waals surface area contributed by atoms with Crippen LogP contribution in [0.4, 0.5) is 0 Å². The van der Waals surface area contributed by atoms with E-state index in [0.29, 0.717) is 37.8 Å². The zero-order valence-electron chi connectivity index (χ0n) is 15.6. The van der Waals surface area contributed by atoms with E-state index >= 15 is 0 Å². The summed E-state index contributed by atoms with van der Waals surface area (Å²) < 4.78 is 38.7. The second-order valence-corrected chi connectivity index (χ2v) is 9.64. The summed E-state index contributed by atoms with van der Waals surface area (Å²) in [4.78, 5) is 15.3. The molecule has 2 aliphatic rings. The zero-order chi connectivity index (χ0) is 19.7. The Hall–Kier alpha value is -2.10. The van der Waals surface area contributed by atoms with E-state index in [1.165, 1.54) is 21.7 Å². The van der Waals surface area contributed by atoms with Crippen LogP contribution in [0, 0.1) is 6.92 Å². The summed E-state index contributed by atoms with van der Waals surface area (Å²) in [5.74, 6) is 0.999. The van der Waals surface area contributed by atoms with E-state index < -0.39 is 10.0 Å². The van der Waals surface area contributed by atoms with Crippen molar-refractivity contribution >= 4 is 27.3 Å². The maximum absolute atomic E-state index is 13.0. The van der Waals surface area contributed by atoms with Gasteiger partial charge in [0.1, 0.15) is 0 Å². The van der Waals surface area contributed by atoms with Crippen LogP contribution < -0.4 is 9.47 Å². The molecule has 1 amide bonds. The first-order chi connectivity index (χ1) is 13.5. The van der Waals surface area contributed by atoms with Crippen LogP contribution in [-0.4, -0.2) is 62.9 Å². The predicted octanol–water partition coefficient (Wildman–Crippen LogP) is 2.36. The van der Waals surface area contributed by atoms with Gasteiger partial charge in [0.25, 0.3) is 5.91 Å².